The van der Waals surface area contributed by atoms with Gasteiger partial charge in [-0.3, -0.25) is 4.21 Å². The monoisotopic (exact) mass is 261 g/mol. The Balaban J connectivity index is 1.98. The third kappa shape index (κ3) is 3.43. The lowest BCUT2D eigenvalue weighted by atomic mass is 10.0. The predicted molar refractivity (Wildman–Crippen MR) is 74.7 cm³/mol. The van der Waals surface area contributed by atoms with Gasteiger partial charge in [0.15, 0.2) is 0 Å². The molecule has 2 unspecified atom stereocenters. The Labute approximate surface area is 111 Å². The van der Waals surface area contributed by atoms with E-state index < -0.39 is 10.8 Å². The first kappa shape index (κ1) is 13.3. The fourth-order valence-corrected chi connectivity index (χ4v) is 4.25. The van der Waals surface area contributed by atoms with Gasteiger partial charge in [0.05, 0.1) is 12.0 Å². The van der Waals surface area contributed by atoms with Crippen LogP contribution in [0.2, 0.25) is 0 Å². The van der Waals surface area contributed by atoms with Gasteiger partial charge in [0.1, 0.15) is 0 Å². The highest BCUT2D eigenvalue weighted by Crippen LogP contribution is 2.25. The first-order chi connectivity index (χ1) is 8.81. The third-order valence-corrected chi connectivity index (χ3v) is 5.49. The fraction of sp³-hybridized carbons (Fsp3) is 0.533. The molecular weight excluding hydrogens is 242 g/mol. The zero-order valence-corrected chi connectivity index (χ0v) is 11.4. The first-order valence-electron chi connectivity index (χ1n) is 6.63. The molecular formula is C15H19NOS. The molecule has 1 fully saturated rings. The Kier molecular flexibility index (Phi) is 4.95. The maximum atomic E-state index is 12.3. The lowest BCUT2D eigenvalue weighted by Crippen LogP contribution is -2.23. The van der Waals surface area contributed by atoms with Gasteiger partial charge in [0.2, 0.25) is 0 Å². The molecule has 0 saturated heterocycles. The molecule has 0 aromatic heterocycles. The Morgan fingerprint density at radius 3 is 2.50 bits per heavy atom. The molecule has 1 aromatic carbocycles. The number of hydrogen-bond donors (Lipinski definition) is 0. The molecule has 0 aliphatic heterocycles. The minimum Gasteiger partial charge on any atom is -0.259 e. The molecule has 18 heavy (non-hydrogen) atoms. The van der Waals surface area contributed by atoms with Crippen LogP contribution in [0.25, 0.3) is 0 Å². The molecule has 1 saturated carbocycles. The molecule has 1 aliphatic rings. The van der Waals surface area contributed by atoms with Crippen molar-refractivity contribution >= 4 is 10.8 Å². The van der Waals surface area contributed by atoms with Crippen LogP contribution in [0.1, 0.15) is 43.6 Å². The van der Waals surface area contributed by atoms with Crippen LogP contribution in [0.15, 0.2) is 30.3 Å². The van der Waals surface area contributed by atoms with E-state index >= 15 is 0 Å². The largest absolute Gasteiger partial charge is 0.259 e. The van der Waals surface area contributed by atoms with E-state index in [9.17, 15) is 9.47 Å². The molecule has 0 N–H and O–H groups in total. The zero-order valence-electron chi connectivity index (χ0n) is 10.5. The van der Waals surface area contributed by atoms with Crippen LogP contribution >= 0.6 is 0 Å². The molecule has 2 nitrogen and oxygen atoms in total. The second-order valence-electron chi connectivity index (χ2n) is 4.90. The SMILES string of the molecule is N#CC(CS(=O)C1CCCCC1)c1ccccc1. The summed E-state index contributed by atoms with van der Waals surface area (Å²) in [5, 5.41) is 9.56. The number of benzene rings is 1. The van der Waals surface area contributed by atoms with Crippen molar-refractivity contribution in [3.05, 3.63) is 35.9 Å². The second kappa shape index (κ2) is 6.70. The summed E-state index contributed by atoms with van der Waals surface area (Å²) >= 11 is 0. The van der Waals surface area contributed by atoms with Gasteiger partial charge in [-0.25, -0.2) is 0 Å². The molecule has 0 spiro atoms. The van der Waals surface area contributed by atoms with Gasteiger partial charge in [0.25, 0.3) is 0 Å². The van der Waals surface area contributed by atoms with Crippen LogP contribution in [-0.4, -0.2) is 15.2 Å². The Morgan fingerprint density at radius 1 is 1.22 bits per heavy atom. The van der Waals surface area contributed by atoms with Gasteiger partial charge in [-0.2, -0.15) is 5.26 Å². The van der Waals surface area contributed by atoms with Crippen molar-refractivity contribution in [2.45, 2.75) is 43.3 Å². The number of nitrogens with zero attached hydrogens (tertiary/aromatic N) is 1. The smallest absolute Gasteiger partial charge is 0.0827 e. The lowest BCUT2D eigenvalue weighted by molar-refractivity contribution is 0.504. The molecule has 1 aliphatic carbocycles. The van der Waals surface area contributed by atoms with Crippen LogP contribution in [0, 0.1) is 11.3 Å². The van der Waals surface area contributed by atoms with E-state index in [4.69, 9.17) is 0 Å². The molecule has 1 aromatic rings. The predicted octanol–water partition coefficient (Wildman–Crippen LogP) is 3.38. The van der Waals surface area contributed by atoms with Gasteiger partial charge in [-0.1, -0.05) is 49.6 Å². The van der Waals surface area contributed by atoms with Crippen molar-refractivity contribution in [2.75, 3.05) is 5.75 Å². The number of nitriles is 1. The van der Waals surface area contributed by atoms with Crippen LogP contribution in [0.5, 0.6) is 0 Å². The summed E-state index contributed by atoms with van der Waals surface area (Å²) in [5.41, 5.74) is 0.990. The molecule has 3 heteroatoms. The van der Waals surface area contributed by atoms with E-state index in [0.717, 1.165) is 18.4 Å². The molecule has 0 amide bonds. The summed E-state index contributed by atoms with van der Waals surface area (Å²) in [6, 6.07) is 12.0. The minimum atomic E-state index is -0.859. The maximum absolute atomic E-state index is 12.3. The minimum absolute atomic E-state index is 0.228. The average molecular weight is 261 g/mol. The third-order valence-electron chi connectivity index (χ3n) is 3.61. The zero-order chi connectivity index (χ0) is 12.8. The standard InChI is InChI=1S/C15H19NOS/c16-11-14(13-7-3-1-4-8-13)12-18(17)15-9-5-2-6-10-15/h1,3-4,7-8,14-15H,2,5-6,9-10,12H2. The number of hydrogen-bond acceptors (Lipinski definition) is 2. The number of rotatable bonds is 4. The molecule has 2 atom stereocenters. The van der Waals surface area contributed by atoms with Crippen molar-refractivity contribution in [1.29, 1.82) is 5.26 Å². The quantitative estimate of drug-likeness (QED) is 0.833. The van der Waals surface area contributed by atoms with Gasteiger partial charge in [-0.15, -0.1) is 0 Å². The Hall–Kier alpha value is -1.14. The van der Waals surface area contributed by atoms with Crippen molar-refractivity contribution in [2.24, 2.45) is 0 Å². The summed E-state index contributed by atoms with van der Waals surface area (Å²) in [5.74, 6) is 0.263. The highest BCUT2D eigenvalue weighted by atomic mass is 32.2. The molecule has 0 radical (unpaired) electrons. The van der Waals surface area contributed by atoms with Crippen LogP contribution in [0.4, 0.5) is 0 Å². The van der Waals surface area contributed by atoms with E-state index in [1.807, 2.05) is 30.3 Å². The lowest BCUT2D eigenvalue weighted by Gasteiger charge is -2.22. The summed E-state index contributed by atoms with van der Waals surface area (Å²) in [6.45, 7) is 0. The van der Waals surface area contributed by atoms with Gasteiger partial charge in [0, 0.05) is 21.8 Å². The van der Waals surface area contributed by atoms with Crippen LogP contribution in [0.3, 0.4) is 0 Å². The average Bonchev–Trinajstić information content (AvgIpc) is 2.46. The van der Waals surface area contributed by atoms with Crippen LogP contribution in [-0.2, 0) is 10.8 Å². The van der Waals surface area contributed by atoms with E-state index in [0.29, 0.717) is 11.0 Å². The molecule has 2 rings (SSSR count). The molecule has 96 valence electrons. The Bertz CT molecular complexity index is 432. The van der Waals surface area contributed by atoms with E-state index in [1.165, 1.54) is 19.3 Å². The van der Waals surface area contributed by atoms with E-state index in [1.54, 1.807) is 0 Å². The summed E-state index contributed by atoms with van der Waals surface area (Å²) < 4.78 is 12.3. The summed E-state index contributed by atoms with van der Waals surface area (Å²) in [6.07, 6.45) is 5.80. The van der Waals surface area contributed by atoms with Crippen LogP contribution < -0.4 is 0 Å². The molecule has 0 heterocycles. The fourth-order valence-electron chi connectivity index (χ4n) is 2.52. The van der Waals surface area contributed by atoms with Crippen molar-refractivity contribution in [1.82, 2.24) is 0 Å². The van der Waals surface area contributed by atoms with Crippen molar-refractivity contribution in [3.8, 4) is 6.07 Å². The summed E-state index contributed by atoms with van der Waals surface area (Å²) in [4.78, 5) is 0. The van der Waals surface area contributed by atoms with E-state index in [-0.39, 0.29) is 5.92 Å². The normalized spacial score (nSPS) is 19.9. The maximum Gasteiger partial charge on any atom is 0.0827 e. The second-order valence-corrected chi connectivity index (χ2v) is 6.66. The molecule has 0 bridgehead atoms. The van der Waals surface area contributed by atoms with Gasteiger partial charge in [-0.05, 0) is 18.4 Å². The van der Waals surface area contributed by atoms with Crippen molar-refractivity contribution < 1.29 is 4.21 Å². The topological polar surface area (TPSA) is 40.9 Å². The summed E-state index contributed by atoms with van der Waals surface area (Å²) in [7, 11) is -0.859. The highest BCUT2D eigenvalue weighted by Gasteiger charge is 2.23. The Morgan fingerprint density at radius 2 is 1.89 bits per heavy atom. The van der Waals surface area contributed by atoms with Crippen molar-refractivity contribution in [3.63, 3.8) is 0 Å². The van der Waals surface area contributed by atoms with E-state index in [2.05, 4.69) is 6.07 Å². The first-order valence-corrected chi connectivity index (χ1v) is 8.01. The van der Waals surface area contributed by atoms with Gasteiger partial charge < -0.3 is 0 Å². The highest BCUT2D eigenvalue weighted by molar-refractivity contribution is 7.85. The van der Waals surface area contributed by atoms with Gasteiger partial charge >= 0.3 is 0 Å².